The lowest BCUT2D eigenvalue weighted by Crippen LogP contribution is -2.44. The summed E-state index contributed by atoms with van der Waals surface area (Å²) in [6.07, 6.45) is 1.63. The molecule has 0 bridgehead atoms. The van der Waals surface area contributed by atoms with Crippen LogP contribution in [0.25, 0.3) is 10.9 Å². The fourth-order valence-electron chi connectivity index (χ4n) is 3.82. The first-order valence-electron chi connectivity index (χ1n) is 12.3. The minimum Gasteiger partial charge on any atom is -0.465 e. The molecular weight excluding hydrogens is 470 g/mol. The highest BCUT2D eigenvalue weighted by molar-refractivity contribution is 6.11. The number of rotatable bonds is 8. The van der Waals surface area contributed by atoms with Gasteiger partial charge < -0.3 is 14.8 Å². The van der Waals surface area contributed by atoms with E-state index in [1.807, 2.05) is 44.2 Å². The molecule has 0 saturated heterocycles. The Morgan fingerprint density at radius 3 is 2.38 bits per heavy atom. The molecule has 0 aliphatic carbocycles. The second kappa shape index (κ2) is 11.4. The van der Waals surface area contributed by atoms with Crippen LogP contribution in [0.1, 0.15) is 52.2 Å². The molecule has 1 heterocycles. The Bertz CT molecular complexity index is 1290. The van der Waals surface area contributed by atoms with Crippen LogP contribution in [0.3, 0.4) is 0 Å². The Balaban J connectivity index is 1.97. The Morgan fingerprint density at radius 1 is 0.946 bits per heavy atom. The van der Waals surface area contributed by atoms with Gasteiger partial charge in [-0.2, -0.15) is 0 Å². The van der Waals surface area contributed by atoms with Gasteiger partial charge in [0.05, 0.1) is 17.8 Å². The number of fused-ring (bicyclic) bond motifs is 1. The van der Waals surface area contributed by atoms with Crippen LogP contribution in [-0.4, -0.2) is 35.2 Å². The number of esters is 1. The number of ether oxygens (including phenoxy) is 2. The minimum absolute atomic E-state index is 0.00894. The highest BCUT2D eigenvalue weighted by atomic mass is 16.6. The highest BCUT2D eigenvalue weighted by Gasteiger charge is 2.43. The molecule has 3 rings (SSSR count). The number of pyridine rings is 1. The molecule has 0 aliphatic rings. The third kappa shape index (κ3) is 7.06. The summed E-state index contributed by atoms with van der Waals surface area (Å²) in [7, 11) is 0. The number of para-hydroxylation sites is 1. The number of carbonyl (C=O) groups excluding carboxylic acids is 3. The standard InChI is InChI=1S/C29H35N3O5/c1-7-16-36-26(34)29(6,25(33)31-22-12-8-10-20-11-9-15-30-24(20)22)18-21-14-13-19(2)17-23(21)32-27(35)37-28(3,4)5/h8-15,17H,7,16,18H2,1-6H3,(H,31,33)(H,32,35). The fraction of sp³-hybridized carbons (Fsp3) is 0.379. The molecule has 8 heteroatoms. The lowest BCUT2D eigenvalue weighted by molar-refractivity contribution is -0.158. The minimum atomic E-state index is -1.59. The summed E-state index contributed by atoms with van der Waals surface area (Å²) in [5.41, 5.74) is 0.794. The van der Waals surface area contributed by atoms with E-state index < -0.39 is 29.0 Å². The highest BCUT2D eigenvalue weighted by Crippen LogP contribution is 2.32. The molecule has 0 fully saturated rings. The molecule has 37 heavy (non-hydrogen) atoms. The van der Waals surface area contributed by atoms with E-state index >= 15 is 0 Å². The molecular formula is C29H35N3O5. The first-order valence-corrected chi connectivity index (χ1v) is 12.3. The molecule has 0 spiro atoms. The number of anilines is 2. The Labute approximate surface area is 217 Å². The number of hydrogen-bond donors (Lipinski definition) is 2. The maximum Gasteiger partial charge on any atom is 0.412 e. The van der Waals surface area contributed by atoms with Gasteiger partial charge in [-0.05, 0) is 76.8 Å². The lowest BCUT2D eigenvalue weighted by atomic mass is 9.81. The van der Waals surface area contributed by atoms with Crippen LogP contribution < -0.4 is 10.6 Å². The molecule has 2 aromatic carbocycles. The average Bonchev–Trinajstić information content (AvgIpc) is 2.83. The van der Waals surface area contributed by atoms with Crippen molar-refractivity contribution in [3.8, 4) is 0 Å². The first-order chi connectivity index (χ1) is 17.4. The monoisotopic (exact) mass is 505 g/mol. The van der Waals surface area contributed by atoms with Crippen molar-refractivity contribution in [2.24, 2.45) is 5.41 Å². The van der Waals surface area contributed by atoms with E-state index in [1.165, 1.54) is 0 Å². The number of amides is 2. The van der Waals surface area contributed by atoms with Crippen LogP contribution in [0.5, 0.6) is 0 Å². The Hall–Kier alpha value is -3.94. The quantitative estimate of drug-likeness (QED) is 0.286. The van der Waals surface area contributed by atoms with Crippen LogP contribution in [0.2, 0.25) is 0 Å². The summed E-state index contributed by atoms with van der Waals surface area (Å²) in [5.74, 6) is -1.18. The van der Waals surface area contributed by atoms with E-state index in [2.05, 4.69) is 15.6 Å². The van der Waals surface area contributed by atoms with E-state index in [0.29, 0.717) is 28.9 Å². The van der Waals surface area contributed by atoms with Crippen LogP contribution in [0.15, 0.2) is 54.7 Å². The number of aromatic nitrogens is 1. The second-order valence-corrected chi connectivity index (χ2v) is 10.3. The van der Waals surface area contributed by atoms with Gasteiger partial charge in [0, 0.05) is 17.3 Å². The topological polar surface area (TPSA) is 107 Å². The van der Waals surface area contributed by atoms with Gasteiger partial charge in [-0.25, -0.2) is 4.79 Å². The summed E-state index contributed by atoms with van der Waals surface area (Å²) in [4.78, 5) is 43.9. The molecule has 0 aliphatic heterocycles. The summed E-state index contributed by atoms with van der Waals surface area (Å²) < 4.78 is 10.9. The van der Waals surface area contributed by atoms with Crippen molar-refractivity contribution in [2.45, 2.75) is 60.0 Å². The predicted octanol–water partition coefficient (Wildman–Crippen LogP) is 6.03. The molecule has 2 N–H and O–H groups in total. The van der Waals surface area contributed by atoms with E-state index in [4.69, 9.17) is 9.47 Å². The zero-order valence-corrected chi connectivity index (χ0v) is 22.3. The molecule has 2 amide bonds. The Morgan fingerprint density at radius 2 is 1.68 bits per heavy atom. The Kier molecular flexibility index (Phi) is 8.53. The summed E-state index contributed by atoms with van der Waals surface area (Å²) in [5, 5.41) is 6.52. The SMILES string of the molecule is CCCOC(=O)C(C)(Cc1ccc(C)cc1NC(=O)OC(C)(C)C)C(=O)Nc1cccc2cccnc12. The molecule has 1 unspecified atom stereocenters. The van der Waals surface area contributed by atoms with E-state index in [0.717, 1.165) is 10.9 Å². The third-order valence-corrected chi connectivity index (χ3v) is 5.71. The van der Waals surface area contributed by atoms with Gasteiger partial charge in [0.15, 0.2) is 0 Å². The maximum absolute atomic E-state index is 13.7. The van der Waals surface area contributed by atoms with Crippen molar-refractivity contribution in [2.75, 3.05) is 17.2 Å². The van der Waals surface area contributed by atoms with Gasteiger partial charge in [0.25, 0.3) is 0 Å². The van der Waals surface area contributed by atoms with Crippen LogP contribution in [0.4, 0.5) is 16.2 Å². The predicted molar refractivity (Wildman–Crippen MR) is 144 cm³/mol. The zero-order chi connectivity index (χ0) is 27.2. The fourth-order valence-corrected chi connectivity index (χ4v) is 3.82. The van der Waals surface area contributed by atoms with Gasteiger partial charge in [-0.3, -0.25) is 19.9 Å². The molecule has 3 aromatic rings. The zero-order valence-electron chi connectivity index (χ0n) is 22.3. The van der Waals surface area contributed by atoms with Crippen molar-refractivity contribution in [3.63, 3.8) is 0 Å². The van der Waals surface area contributed by atoms with Crippen LogP contribution >= 0.6 is 0 Å². The van der Waals surface area contributed by atoms with Crippen LogP contribution in [-0.2, 0) is 25.5 Å². The largest absolute Gasteiger partial charge is 0.465 e. The maximum atomic E-state index is 13.7. The van der Waals surface area contributed by atoms with E-state index in [9.17, 15) is 14.4 Å². The molecule has 0 saturated carbocycles. The summed E-state index contributed by atoms with van der Waals surface area (Å²) in [6.45, 7) is 10.8. The number of benzene rings is 2. The van der Waals surface area contributed by atoms with E-state index in [1.54, 1.807) is 52.1 Å². The van der Waals surface area contributed by atoms with Crippen molar-refractivity contribution >= 4 is 40.2 Å². The van der Waals surface area contributed by atoms with Crippen molar-refractivity contribution in [3.05, 3.63) is 65.9 Å². The second-order valence-electron chi connectivity index (χ2n) is 10.3. The van der Waals surface area contributed by atoms with Crippen molar-refractivity contribution in [1.29, 1.82) is 0 Å². The smallest absolute Gasteiger partial charge is 0.412 e. The number of aryl methyl sites for hydroxylation is 1. The average molecular weight is 506 g/mol. The lowest BCUT2D eigenvalue weighted by Gasteiger charge is -2.28. The van der Waals surface area contributed by atoms with Crippen molar-refractivity contribution < 1.29 is 23.9 Å². The van der Waals surface area contributed by atoms with Gasteiger partial charge in [0.2, 0.25) is 5.91 Å². The number of hydrogen-bond acceptors (Lipinski definition) is 6. The molecule has 0 radical (unpaired) electrons. The third-order valence-electron chi connectivity index (χ3n) is 5.71. The summed E-state index contributed by atoms with van der Waals surface area (Å²) in [6, 6.07) is 14.6. The molecule has 8 nitrogen and oxygen atoms in total. The first kappa shape index (κ1) is 27.6. The van der Waals surface area contributed by atoms with Gasteiger partial charge in [-0.15, -0.1) is 0 Å². The molecule has 1 atom stereocenters. The number of carbonyl (C=O) groups is 3. The van der Waals surface area contributed by atoms with Crippen LogP contribution in [0, 0.1) is 12.3 Å². The summed E-state index contributed by atoms with van der Waals surface area (Å²) >= 11 is 0. The molecule has 196 valence electrons. The van der Waals surface area contributed by atoms with Gasteiger partial charge >= 0.3 is 12.1 Å². The normalized spacial score (nSPS) is 12.9. The van der Waals surface area contributed by atoms with Gasteiger partial charge in [-0.1, -0.05) is 37.3 Å². The van der Waals surface area contributed by atoms with Gasteiger partial charge in [0.1, 0.15) is 11.0 Å². The van der Waals surface area contributed by atoms with E-state index in [-0.39, 0.29) is 13.0 Å². The number of nitrogens with one attached hydrogen (secondary N) is 2. The number of nitrogens with zero attached hydrogens (tertiary/aromatic N) is 1. The van der Waals surface area contributed by atoms with Crippen molar-refractivity contribution in [1.82, 2.24) is 4.98 Å². The molecule has 1 aromatic heterocycles.